The van der Waals surface area contributed by atoms with Gasteiger partial charge in [0.25, 0.3) is 5.91 Å². The number of hydrogen-bond donors (Lipinski definition) is 0. The molecule has 2 rings (SSSR count). The minimum absolute atomic E-state index is 0.00922. The number of piperazine rings is 1. The number of carbonyl (C=O) groups is 3. The third kappa shape index (κ3) is 5.59. The summed E-state index contributed by atoms with van der Waals surface area (Å²) in [5, 5.41) is 0. The molecule has 6 heteroatoms. The average Bonchev–Trinajstić information content (AvgIpc) is 2.64. The largest absolute Gasteiger partial charge is 0.483 e. The number of amides is 2. The van der Waals surface area contributed by atoms with Gasteiger partial charge in [-0.1, -0.05) is 25.1 Å². The fraction of sp³-hybridized carbons (Fsp3) is 0.526. The van der Waals surface area contributed by atoms with E-state index in [1.807, 2.05) is 31.2 Å². The second-order valence-corrected chi connectivity index (χ2v) is 6.21. The molecule has 1 aromatic rings. The summed E-state index contributed by atoms with van der Waals surface area (Å²) in [6, 6.07) is 7.71. The second kappa shape index (κ2) is 9.20. The van der Waals surface area contributed by atoms with Crippen LogP contribution in [0.15, 0.2) is 24.3 Å². The first-order valence-electron chi connectivity index (χ1n) is 8.77. The number of hydrogen-bond acceptors (Lipinski definition) is 4. The fourth-order valence-corrected chi connectivity index (χ4v) is 2.81. The summed E-state index contributed by atoms with van der Waals surface area (Å²) in [6.45, 7) is 5.57. The molecule has 0 unspecified atom stereocenters. The lowest BCUT2D eigenvalue weighted by atomic mass is 10.1. The topological polar surface area (TPSA) is 66.9 Å². The molecule has 1 fully saturated rings. The molecule has 2 amide bonds. The minimum atomic E-state index is -0.0678. The highest BCUT2D eigenvalue weighted by Crippen LogP contribution is 2.18. The Bertz CT molecular complexity index is 622. The molecule has 25 heavy (non-hydrogen) atoms. The molecule has 0 atom stereocenters. The number of Topliss-reactive ketones (excluding diaryl/α,β-unsaturated/α-hetero) is 1. The minimum Gasteiger partial charge on any atom is -0.483 e. The molecule has 0 bridgehead atoms. The van der Waals surface area contributed by atoms with Crippen LogP contribution >= 0.6 is 0 Å². The lowest BCUT2D eigenvalue weighted by Gasteiger charge is -2.34. The van der Waals surface area contributed by atoms with Gasteiger partial charge in [0.2, 0.25) is 5.91 Å². The van der Waals surface area contributed by atoms with Crippen molar-refractivity contribution in [2.75, 3.05) is 32.8 Å². The maximum Gasteiger partial charge on any atom is 0.260 e. The molecule has 1 aliphatic rings. The monoisotopic (exact) mass is 346 g/mol. The summed E-state index contributed by atoms with van der Waals surface area (Å²) in [5.74, 6) is 0.681. The van der Waals surface area contributed by atoms with Gasteiger partial charge in [0.05, 0.1) is 0 Å². The molecule has 0 aliphatic carbocycles. The van der Waals surface area contributed by atoms with Gasteiger partial charge in [-0.05, 0) is 25.0 Å². The Morgan fingerprint density at radius 1 is 0.960 bits per heavy atom. The van der Waals surface area contributed by atoms with Gasteiger partial charge >= 0.3 is 0 Å². The molecule has 0 aromatic heterocycles. The van der Waals surface area contributed by atoms with E-state index in [2.05, 4.69) is 0 Å². The van der Waals surface area contributed by atoms with Crippen LogP contribution in [0.5, 0.6) is 5.75 Å². The normalized spacial score (nSPS) is 14.3. The van der Waals surface area contributed by atoms with Gasteiger partial charge in [-0.25, -0.2) is 0 Å². The van der Waals surface area contributed by atoms with Crippen LogP contribution in [-0.4, -0.2) is 60.2 Å². The van der Waals surface area contributed by atoms with Crippen LogP contribution < -0.4 is 4.74 Å². The predicted octanol–water partition coefficient (Wildman–Crippen LogP) is 1.67. The highest BCUT2D eigenvalue weighted by atomic mass is 16.5. The zero-order chi connectivity index (χ0) is 18.2. The van der Waals surface area contributed by atoms with Gasteiger partial charge in [0.1, 0.15) is 11.5 Å². The maximum atomic E-state index is 12.3. The van der Waals surface area contributed by atoms with Gasteiger partial charge in [0, 0.05) is 39.0 Å². The molecule has 1 saturated heterocycles. The standard InChI is InChI=1S/C19H26N2O4/c1-3-16-6-4-5-7-17(16)25-14-19(24)21-12-10-20(11-13-21)18(23)9-8-15(2)22/h4-7H,3,8-14H2,1-2H3. The van der Waals surface area contributed by atoms with E-state index in [4.69, 9.17) is 4.74 Å². The van der Waals surface area contributed by atoms with Crippen molar-refractivity contribution in [3.05, 3.63) is 29.8 Å². The lowest BCUT2D eigenvalue weighted by molar-refractivity contribution is -0.141. The van der Waals surface area contributed by atoms with E-state index >= 15 is 0 Å². The second-order valence-electron chi connectivity index (χ2n) is 6.21. The Labute approximate surface area is 148 Å². The van der Waals surface area contributed by atoms with Gasteiger partial charge < -0.3 is 19.3 Å². The summed E-state index contributed by atoms with van der Waals surface area (Å²) in [4.78, 5) is 38.7. The summed E-state index contributed by atoms with van der Waals surface area (Å²) in [7, 11) is 0. The average molecular weight is 346 g/mol. The summed E-state index contributed by atoms with van der Waals surface area (Å²) in [6.07, 6.45) is 1.38. The summed E-state index contributed by atoms with van der Waals surface area (Å²) < 4.78 is 5.67. The van der Waals surface area contributed by atoms with Crippen molar-refractivity contribution in [3.63, 3.8) is 0 Å². The quantitative estimate of drug-likeness (QED) is 0.753. The van der Waals surface area contributed by atoms with Crippen molar-refractivity contribution in [2.45, 2.75) is 33.1 Å². The lowest BCUT2D eigenvalue weighted by Crippen LogP contribution is -2.51. The molecule has 0 radical (unpaired) electrons. The third-order valence-corrected chi connectivity index (χ3v) is 4.38. The van der Waals surface area contributed by atoms with Crippen LogP contribution in [0.4, 0.5) is 0 Å². The van der Waals surface area contributed by atoms with Gasteiger partial charge in [-0.2, -0.15) is 0 Å². The van der Waals surface area contributed by atoms with Crippen LogP contribution in [0.1, 0.15) is 32.3 Å². The van der Waals surface area contributed by atoms with Crippen molar-refractivity contribution in [1.82, 2.24) is 9.80 Å². The molecule has 6 nitrogen and oxygen atoms in total. The summed E-state index contributed by atoms with van der Waals surface area (Å²) >= 11 is 0. The van der Waals surface area contributed by atoms with Crippen LogP contribution in [0.3, 0.4) is 0 Å². The molecule has 0 spiro atoms. The van der Waals surface area contributed by atoms with Crippen molar-refractivity contribution in [3.8, 4) is 5.75 Å². The van der Waals surface area contributed by atoms with Crippen molar-refractivity contribution < 1.29 is 19.1 Å². The van der Waals surface area contributed by atoms with E-state index in [-0.39, 0.29) is 37.0 Å². The number of ether oxygens (including phenoxy) is 1. The Kier molecular flexibility index (Phi) is 6.98. The summed E-state index contributed by atoms with van der Waals surface area (Å²) in [5.41, 5.74) is 1.08. The van der Waals surface area contributed by atoms with Gasteiger partial charge in [0.15, 0.2) is 6.61 Å². The number of nitrogens with zero attached hydrogens (tertiary/aromatic N) is 2. The first kappa shape index (κ1) is 19.0. The Hall–Kier alpha value is -2.37. The van der Waals surface area contributed by atoms with E-state index in [9.17, 15) is 14.4 Å². The Morgan fingerprint density at radius 3 is 2.16 bits per heavy atom. The number of carbonyl (C=O) groups excluding carboxylic acids is 3. The molecule has 136 valence electrons. The van der Waals surface area contributed by atoms with E-state index in [1.165, 1.54) is 6.92 Å². The fourth-order valence-electron chi connectivity index (χ4n) is 2.81. The van der Waals surface area contributed by atoms with Crippen LogP contribution in [0, 0.1) is 0 Å². The van der Waals surface area contributed by atoms with Crippen molar-refractivity contribution >= 4 is 17.6 Å². The van der Waals surface area contributed by atoms with Crippen LogP contribution in [-0.2, 0) is 20.8 Å². The Morgan fingerprint density at radius 2 is 1.56 bits per heavy atom. The number of para-hydroxylation sites is 1. The highest BCUT2D eigenvalue weighted by Gasteiger charge is 2.24. The predicted molar refractivity (Wildman–Crippen MR) is 94.4 cm³/mol. The van der Waals surface area contributed by atoms with Crippen LogP contribution in [0.25, 0.3) is 0 Å². The SMILES string of the molecule is CCc1ccccc1OCC(=O)N1CCN(C(=O)CCC(C)=O)CC1. The number of ketones is 1. The first-order chi connectivity index (χ1) is 12.0. The zero-order valence-corrected chi connectivity index (χ0v) is 15.0. The molecule has 1 aromatic carbocycles. The smallest absolute Gasteiger partial charge is 0.260 e. The molecular formula is C19H26N2O4. The van der Waals surface area contributed by atoms with E-state index < -0.39 is 0 Å². The van der Waals surface area contributed by atoms with Gasteiger partial charge in [-0.15, -0.1) is 0 Å². The molecule has 0 saturated carbocycles. The molecular weight excluding hydrogens is 320 g/mol. The van der Waals surface area contributed by atoms with Crippen molar-refractivity contribution in [2.24, 2.45) is 0 Å². The molecule has 0 N–H and O–H groups in total. The highest BCUT2D eigenvalue weighted by molar-refractivity contribution is 5.84. The number of benzene rings is 1. The third-order valence-electron chi connectivity index (χ3n) is 4.38. The number of rotatable bonds is 7. The molecule has 1 heterocycles. The van der Waals surface area contributed by atoms with E-state index in [0.717, 1.165) is 17.7 Å². The van der Waals surface area contributed by atoms with Crippen LogP contribution in [0.2, 0.25) is 0 Å². The number of aryl methyl sites for hydroxylation is 1. The van der Waals surface area contributed by atoms with E-state index in [1.54, 1.807) is 9.80 Å². The molecule has 1 aliphatic heterocycles. The first-order valence-corrected chi connectivity index (χ1v) is 8.77. The Balaban J connectivity index is 1.77. The maximum absolute atomic E-state index is 12.3. The van der Waals surface area contributed by atoms with Gasteiger partial charge in [-0.3, -0.25) is 9.59 Å². The zero-order valence-electron chi connectivity index (χ0n) is 15.0. The van der Waals surface area contributed by atoms with E-state index in [0.29, 0.717) is 26.2 Å². The van der Waals surface area contributed by atoms with Crippen molar-refractivity contribution in [1.29, 1.82) is 0 Å².